The van der Waals surface area contributed by atoms with Gasteiger partial charge in [0, 0.05) is 37.9 Å². The number of amides is 1. The lowest BCUT2D eigenvalue weighted by atomic mass is 10.1. The Labute approximate surface area is 115 Å². The van der Waals surface area contributed by atoms with Crippen molar-refractivity contribution in [2.24, 2.45) is 0 Å². The molecule has 1 aromatic carbocycles. The van der Waals surface area contributed by atoms with Gasteiger partial charge in [-0.05, 0) is 37.6 Å². The number of hydrogen-bond donors (Lipinski definition) is 2. The minimum Gasteiger partial charge on any atom is -0.378 e. The first-order valence-corrected chi connectivity index (χ1v) is 6.96. The molecule has 1 aromatic rings. The van der Waals surface area contributed by atoms with Crippen molar-refractivity contribution < 1.29 is 4.79 Å². The van der Waals surface area contributed by atoms with E-state index in [1.54, 1.807) is 0 Å². The van der Waals surface area contributed by atoms with Gasteiger partial charge in [-0.2, -0.15) is 0 Å². The number of carbonyl (C=O) groups is 1. The van der Waals surface area contributed by atoms with Crippen LogP contribution in [0.4, 0.5) is 5.69 Å². The molecule has 4 heteroatoms. The zero-order chi connectivity index (χ0) is 13.7. The average molecular weight is 261 g/mol. The third-order valence-corrected chi connectivity index (χ3v) is 3.51. The lowest BCUT2D eigenvalue weighted by Crippen LogP contribution is -2.40. The first-order valence-electron chi connectivity index (χ1n) is 6.96. The van der Waals surface area contributed by atoms with E-state index in [9.17, 15) is 4.79 Å². The van der Waals surface area contributed by atoms with Gasteiger partial charge in [0.25, 0.3) is 5.91 Å². The van der Waals surface area contributed by atoms with Gasteiger partial charge in [-0.3, -0.25) is 4.79 Å². The Kier molecular flexibility index (Phi) is 4.80. The minimum atomic E-state index is 0.0254. The van der Waals surface area contributed by atoms with E-state index in [0.29, 0.717) is 0 Å². The topological polar surface area (TPSA) is 44.4 Å². The van der Waals surface area contributed by atoms with Crippen molar-refractivity contribution in [3.05, 3.63) is 29.8 Å². The lowest BCUT2D eigenvalue weighted by Gasteiger charge is -2.17. The van der Waals surface area contributed by atoms with Crippen molar-refractivity contribution in [1.29, 1.82) is 0 Å². The minimum absolute atomic E-state index is 0.0254. The van der Waals surface area contributed by atoms with Gasteiger partial charge in [-0.1, -0.05) is 12.5 Å². The Balaban J connectivity index is 2.00. The summed E-state index contributed by atoms with van der Waals surface area (Å²) in [5.74, 6) is 0.0254. The zero-order valence-electron chi connectivity index (χ0n) is 11.8. The molecule has 2 N–H and O–H groups in total. The molecule has 1 aliphatic rings. The molecule has 19 heavy (non-hydrogen) atoms. The Hall–Kier alpha value is -1.55. The van der Waals surface area contributed by atoms with E-state index in [1.807, 2.05) is 43.3 Å². The number of nitrogens with zero attached hydrogens (tertiary/aromatic N) is 1. The maximum atomic E-state index is 12.2. The maximum absolute atomic E-state index is 12.2. The van der Waals surface area contributed by atoms with Crippen LogP contribution in [0.5, 0.6) is 0 Å². The third kappa shape index (κ3) is 3.96. The highest BCUT2D eigenvalue weighted by atomic mass is 16.1. The van der Waals surface area contributed by atoms with E-state index >= 15 is 0 Å². The van der Waals surface area contributed by atoms with Gasteiger partial charge < -0.3 is 15.5 Å². The van der Waals surface area contributed by atoms with Crippen LogP contribution in [0.2, 0.25) is 0 Å². The van der Waals surface area contributed by atoms with Crippen molar-refractivity contribution in [1.82, 2.24) is 10.6 Å². The molecule has 4 nitrogen and oxygen atoms in total. The second kappa shape index (κ2) is 6.57. The normalized spacial score (nSPS) is 19.6. The number of nitrogens with one attached hydrogen (secondary N) is 2. The summed E-state index contributed by atoms with van der Waals surface area (Å²) < 4.78 is 0. The fourth-order valence-electron chi connectivity index (χ4n) is 2.34. The molecule has 1 unspecified atom stereocenters. The van der Waals surface area contributed by atoms with Crippen LogP contribution in [0.25, 0.3) is 0 Å². The maximum Gasteiger partial charge on any atom is 0.251 e. The summed E-state index contributed by atoms with van der Waals surface area (Å²) in [5, 5.41) is 6.48. The summed E-state index contributed by atoms with van der Waals surface area (Å²) in [6.45, 7) is 1.93. The number of carbonyl (C=O) groups excluding carboxylic acids is 1. The molecule has 0 bridgehead atoms. The molecule has 0 aliphatic carbocycles. The molecular weight excluding hydrogens is 238 g/mol. The highest BCUT2D eigenvalue weighted by Crippen LogP contribution is 2.14. The Bertz CT molecular complexity index is 423. The summed E-state index contributed by atoms with van der Waals surface area (Å²) in [6, 6.07) is 7.98. The highest BCUT2D eigenvalue weighted by molar-refractivity contribution is 5.95. The Morgan fingerprint density at radius 3 is 3.00 bits per heavy atom. The van der Waals surface area contributed by atoms with Crippen molar-refractivity contribution in [2.45, 2.75) is 25.3 Å². The van der Waals surface area contributed by atoms with Crippen LogP contribution in [-0.4, -0.2) is 39.1 Å². The van der Waals surface area contributed by atoms with E-state index in [4.69, 9.17) is 0 Å². The summed E-state index contributed by atoms with van der Waals surface area (Å²) in [5.41, 5.74) is 1.78. The Morgan fingerprint density at radius 1 is 1.37 bits per heavy atom. The molecule has 1 saturated heterocycles. The quantitative estimate of drug-likeness (QED) is 0.869. The molecule has 0 aromatic heterocycles. The van der Waals surface area contributed by atoms with Gasteiger partial charge >= 0.3 is 0 Å². The number of benzene rings is 1. The predicted octanol–water partition coefficient (Wildman–Crippen LogP) is 1.62. The van der Waals surface area contributed by atoms with Gasteiger partial charge in [0.15, 0.2) is 0 Å². The van der Waals surface area contributed by atoms with Gasteiger partial charge in [-0.25, -0.2) is 0 Å². The first-order chi connectivity index (χ1) is 9.16. The van der Waals surface area contributed by atoms with Crippen LogP contribution >= 0.6 is 0 Å². The molecule has 0 spiro atoms. The zero-order valence-corrected chi connectivity index (χ0v) is 11.8. The average Bonchev–Trinajstić information content (AvgIpc) is 2.67. The number of anilines is 1. The van der Waals surface area contributed by atoms with Gasteiger partial charge in [0.1, 0.15) is 0 Å². The number of hydrogen-bond acceptors (Lipinski definition) is 3. The Morgan fingerprint density at radius 2 is 2.21 bits per heavy atom. The smallest absolute Gasteiger partial charge is 0.251 e. The highest BCUT2D eigenvalue weighted by Gasteiger charge is 2.15. The van der Waals surface area contributed by atoms with Gasteiger partial charge in [-0.15, -0.1) is 0 Å². The summed E-state index contributed by atoms with van der Waals surface area (Å²) in [6.07, 6.45) is 3.43. The predicted molar refractivity (Wildman–Crippen MR) is 78.7 cm³/mol. The molecule has 1 amide bonds. The lowest BCUT2D eigenvalue weighted by molar-refractivity contribution is 0.0935. The van der Waals surface area contributed by atoms with Crippen LogP contribution in [-0.2, 0) is 0 Å². The molecule has 1 fully saturated rings. The SMILES string of the molecule is CN(C)c1cccc(C(=O)NC2CCCCNC2)c1. The third-order valence-electron chi connectivity index (χ3n) is 3.51. The van der Waals surface area contributed by atoms with E-state index < -0.39 is 0 Å². The van der Waals surface area contributed by atoms with Crippen LogP contribution in [0.1, 0.15) is 29.6 Å². The molecule has 1 aliphatic heterocycles. The van der Waals surface area contributed by atoms with Crippen LogP contribution in [0, 0.1) is 0 Å². The number of rotatable bonds is 3. The fraction of sp³-hybridized carbons (Fsp3) is 0.533. The van der Waals surface area contributed by atoms with Crippen molar-refractivity contribution in [3.8, 4) is 0 Å². The van der Waals surface area contributed by atoms with Crippen molar-refractivity contribution >= 4 is 11.6 Å². The summed E-state index contributed by atoms with van der Waals surface area (Å²) in [7, 11) is 3.96. The molecule has 2 rings (SSSR count). The molecule has 1 heterocycles. The van der Waals surface area contributed by atoms with Crippen LogP contribution in [0.3, 0.4) is 0 Å². The van der Waals surface area contributed by atoms with E-state index in [2.05, 4.69) is 10.6 Å². The monoisotopic (exact) mass is 261 g/mol. The molecule has 1 atom stereocenters. The fourth-order valence-corrected chi connectivity index (χ4v) is 2.34. The van der Waals surface area contributed by atoms with E-state index in [-0.39, 0.29) is 11.9 Å². The van der Waals surface area contributed by atoms with E-state index in [1.165, 1.54) is 12.8 Å². The molecular formula is C15H23N3O. The van der Waals surface area contributed by atoms with Gasteiger partial charge in [0.05, 0.1) is 0 Å². The van der Waals surface area contributed by atoms with Crippen molar-refractivity contribution in [3.63, 3.8) is 0 Å². The second-order valence-electron chi connectivity index (χ2n) is 5.32. The van der Waals surface area contributed by atoms with E-state index in [0.717, 1.165) is 30.8 Å². The van der Waals surface area contributed by atoms with Crippen LogP contribution in [0.15, 0.2) is 24.3 Å². The first kappa shape index (κ1) is 13.9. The molecule has 0 radical (unpaired) electrons. The van der Waals surface area contributed by atoms with Crippen LogP contribution < -0.4 is 15.5 Å². The molecule has 104 valence electrons. The molecule has 0 saturated carbocycles. The second-order valence-corrected chi connectivity index (χ2v) is 5.32. The summed E-state index contributed by atoms with van der Waals surface area (Å²) >= 11 is 0. The van der Waals surface area contributed by atoms with Gasteiger partial charge in [0.2, 0.25) is 0 Å². The van der Waals surface area contributed by atoms with Crippen molar-refractivity contribution in [2.75, 3.05) is 32.1 Å². The summed E-state index contributed by atoms with van der Waals surface area (Å²) in [4.78, 5) is 14.2. The largest absolute Gasteiger partial charge is 0.378 e. The standard InChI is InChI=1S/C15H23N3O/c1-18(2)14-8-5-6-12(10-14)15(19)17-13-7-3-4-9-16-11-13/h5-6,8,10,13,16H,3-4,7,9,11H2,1-2H3,(H,17,19).